The van der Waals surface area contributed by atoms with E-state index in [4.69, 9.17) is 9.47 Å². The molecular formula is C21H40O3. The highest BCUT2D eigenvalue weighted by Crippen LogP contribution is 2.49. The second-order valence-electron chi connectivity index (χ2n) is 9.83. The molecule has 0 heterocycles. The Hall–Kier alpha value is -0.410. The molecule has 1 aliphatic carbocycles. The van der Waals surface area contributed by atoms with Gasteiger partial charge in [-0.25, -0.2) is 0 Å². The first kappa shape index (κ1) is 21.6. The summed E-state index contributed by atoms with van der Waals surface area (Å²) in [5.74, 6) is 1.24. The lowest BCUT2D eigenvalue weighted by atomic mass is 9.60. The smallest absolute Gasteiger partial charge is 0.133 e. The van der Waals surface area contributed by atoms with E-state index in [0.29, 0.717) is 54.7 Å². The van der Waals surface area contributed by atoms with Crippen molar-refractivity contribution >= 4 is 5.78 Å². The minimum atomic E-state index is 0.247. The predicted octanol–water partition coefficient (Wildman–Crippen LogP) is 5.27. The van der Waals surface area contributed by atoms with Gasteiger partial charge in [-0.3, -0.25) is 4.79 Å². The van der Waals surface area contributed by atoms with Crippen LogP contribution < -0.4 is 0 Å². The second-order valence-corrected chi connectivity index (χ2v) is 9.83. The Balaban J connectivity index is 2.27. The van der Waals surface area contributed by atoms with Crippen molar-refractivity contribution in [2.75, 3.05) is 19.8 Å². The van der Waals surface area contributed by atoms with Crippen molar-refractivity contribution in [3.05, 3.63) is 0 Å². The third-order valence-electron chi connectivity index (χ3n) is 4.81. The number of hydrogen-bond acceptors (Lipinski definition) is 3. The Kier molecular flexibility index (Phi) is 8.41. The summed E-state index contributed by atoms with van der Waals surface area (Å²) in [5.41, 5.74) is 0.718. The molecule has 3 heteroatoms. The number of hydrogen-bond donors (Lipinski definition) is 0. The van der Waals surface area contributed by atoms with E-state index < -0.39 is 0 Å². The molecule has 1 saturated carbocycles. The van der Waals surface area contributed by atoms with Crippen molar-refractivity contribution in [2.45, 2.75) is 86.7 Å². The summed E-state index contributed by atoms with van der Waals surface area (Å²) in [6.45, 7) is 17.4. The molecular weight excluding hydrogens is 300 g/mol. The van der Waals surface area contributed by atoms with Crippen LogP contribution >= 0.6 is 0 Å². The molecule has 0 bridgehead atoms. The highest BCUT2D eigenvalue weighted by molar-refractivity contribution is 5.78. The minimum Gasteiger partial charge on any atom is -0.379 e. The molecule has 0 radical (unpaired) electrons. The van der Waals surface area contributed by atoms with Crippen LogP contribution in [0.3, 0.4) is 0 Å². The molecule has 24 heavy (non-hydrogen) atoms. The molecule has 1 rings (SSSR count). The average Bonchev–Trinajstić information content (AvgIpc) is 2.33. The summed E-state index contributed by atoms with van der Waals surface area (Å²) >= 11 is 0. The summed E-state index contributed by atoms with van der Waals surface area (Å²) in [6.07, 6.45) is 5.25. The maximum absolute atomic E-state index is 12.4. The molecule has 0 saturated heterocycles. The van der Waals surface area contributed by atoms with E-state index in [1.165, 1.54) is 19.3 Å². The number of Topliss-reactive ketones (excluding diaryl/α,β-unsaturated/α-hetero) is 1. The summed E-state index contributed by atoms with van der Waals surface area (Å²) in [4.78, 5) is 12.4. The Morgan fingerprint density at radius 1 is 1.04 bits per heavy atom. The SMILES string of the molecule is CC(COCCOC(C)C)CC(=O)CC1CC(C)(C)CC(C)(C)C1. The molecule has 0 aromatic heterocycles. The quantitative estimate of drug-likeness (QED) is 0.508. The Bertz CT molecular complexity index is 369. The van der Waals surface area contributed by atoms with Crippen LogP contribution in [-0.2, 0) is 14.3 Å². The topological polar surface area (TPSA) is 35.5 Å². The zero-order valence-corrected chi connectivity index (χ0v) is 17.1. The first-order valence-corrected chi connectivity index (χ1v) is 9.70. The molecule has 0 amide bonds. The molecule has 0 spiro atoms. The third-order valence-corrected chi connectivity index (χ3v) is 4.81. The highest BCUT2D eigenvalue weighted by atomic mass is 16.5. The molecule has 0 N–H and O–H groups in total. The zero-order chi connectivity index (χ0) is 18.4. The first-order chi connectivity index (χ1) is 11.0. The Morgan fingerprint density at radius 3 is 2.17 bits per heavy atom. The third kappa shape index (κ3) is 9.17. The van der Waals surface area contributed by atoms with Gasteiger partial charge in [0.1, 0.15) is 5.78 Å². The van der Waals surface area contributed by atoms with E-state index in [1.54, 1.807) is 0 Å². The lowest BCUT2D eigenvalue weighted by Gasteiger charge is -2.45. The van der Waals surface area contributed by atoms with E-state index in [-0.39, 0.29) is 6.10 Å². The van der Waals surface area contributed by atoms with E-state index >= 15 is 0 Å². The summed E-state index contributed by atoms with van der Waals surface area (Å²) < 4.78 is 11.1. The molecule has 1 aliphatic rings. The lowest BCUT2D eigenvalue weighted by molar-refractivity contribution is -0.122. The number of ether oxygens (including phenoxy) is 2. The fourth-order valence-corrected chi connectivity index (χ4v) is 4.70. The van der Waals surface area contributed by atoms with Crippen molar-refractivity contribution < 1.29 is 14.3 Å². The van der Waals surface area contributed by atoms with Crippen LogP contribution in [0.4, 0.5) is 0 Å². The van der Waals surface area contributed by atoms with E-state index in [2.05, 4.69) is 34.6 Å². The van der Waals surface area contributed by atoms with Crippen molar-refractivity contribution in [3.8, 4) is 0 Å². The standard InChI is InChI=1S/C21H40O3/c1-16(2)24-9-8-23-14-17(3)10-19(22)11-18-12-20(4,5)15-21(6,7)13-18/h16-18H,8-15H2,1-7H3. The van der Waals surface area contributed by atoms with Crippen LogP contribution in [0.15, 0.2) is 0 Å². The van der Waals surface area contributed by atoms with Crippen LogP contribution in [0.5, 0.6) is 0 Å². The molecule has 1 atom stereocenters. The first-order valence-electron chi connectivity index (χ1n) is 9.70. The number of rotatable bonds is 10. The highest BCUT2D eigenvalue weighted by Gasteiger charge is 2.38. The van der Waals surface area contributed by atoms with Gasteiger partial charge in [0.2, 0.25) is 0 Å². The van der Waals surface area contributed by atoms with Crippen LogP contribution in [0.1, 0.15) is 80.6 Å². The van der Waals surface area contributed by atoms with Gasteiger partial charge >= 0.3 is 0 Å². The average molecular weight is 341 g/mol. The maximum Gasteiger partial charge on any atom is 0.133 e. The second kappa shape index (κ2) is 9.33. The molecule has 1 fully saturated rings. The van der Waals surface area contributed by atoms with Gasteiger partial charge in [-0.15, -0.1) is 0 Å². The van der Waals surface area contributed by atoms with Gasteiger partial charge in [-0.05, 0) is 55.8 Å². The minimum absolute atomic E-state index is 0.247. The van der Waals surface area contributed by atoms with Gasteiger partial charge in [0.15, 0.2) is 0 Å². The fourth-order valence-electron chi connectivity index (χ4n) is 4.70. The molecule has 142 valence electrons. The molecule has 0 aromatic carbocycles. The van der Waals surface area contributed by atoms with Gasteiger partial charge < -0.3 is 9.47 Å². The van der Waals surface area contributed by atoms with Crippen LogP contribution in [-0.4, -0.2) is 31.7 Å². The monoisotopic (exact) mass is 340 g/mol. The number of carbonyl (C=O) groups excluding carboxylic acids is 1. The van der Waals surface area contributed by atoms with Crippen LogP contribution in [0.25, 0.3) is 0 Å². The molecule has 1 unspecified atom stereocenters. The largest absolute Gasteiger partial charge is 0.379 e. The normalized spacial score (nSPS) is 21.8. The van der Waals surface area contributed by atoms with Crippen molar-refractivity contribution in [3.63, 3.8) is 0 Å². The van der Waals surface area contributed by atoms with Gasteiger partial charge in [-0.1, -0.05) is 34.6 Å². The molecule has 3 nitrogen and oxygen atoms in total. The zero-order valence-electron chi connectivity index (χ0n) is 17.1. The Morgan fingerprint density at radius 2 is 1.62 bits per heavy atom. The van der Waals surface area contributed by atoms with Gasteiger partial charge in [0, 0.05) is 19.4 Å². The van der Waals surface area contributed by atoms with E-state index in [1.807, 2.05) is 13.8 Å². The van der Waals surface area contributed by atoms with Gasteiger partial charge in [0.25, 0.3) is 0 Å². The lowest BCUT2D eigenvalue weighted by Crippen LogP contribution is -2.34. The molecule has 0 aromatic rings. The number of carbonyl (C=O) groups is 1. The van der Waals surface area contributed by atoms with Crippen molar-refractivity contribution in [2.24, 2.45) is 22.7 Å². The summed E-state index contributed by atoms with van der Waals surface area (Å²) in [6, 6.07) is 0. The maximum atomic E-state index is 12.4. The van der Waals surface area contributed by atoms with E-state index in [0.717, 1.165) is 6.42 Å². The van der Waals surface area contributed by atoms with Crippen LogP contribution in [0, 0.1) is 22.7 Å². The summed E-state index contributed by atoms with van der Waals surface area (Å²) in [7, 11) is 0. The Labute approximate surface area is 149 Å². The molecule has 0 aliphatic heterocycles. The number of ketones is 1. The van der Waals surface area contributed by atoms with Gasteiger partial charge in [-0.2, -0.15) is 0 Å². The van der Waals surface area contributed by atoms with Gasteiger partial charge in [0.05, 0.1) is 19.3 Å². The summed E-state index contributed by atoms with van der Waals surface area (Å²) in [5, 5.41) is 0. The fraction of sp³-hybridized carbons (Fsp3) is 0.952. The van der Waals surface area contributed by atoms with Crippen molar-refractivity contribution in [1.82, 2.24) is 0 Å². The van der Waals surface area contributed by atoms with Crippen molar-refractivity contribution in [1.29, 1.82) is 0 Å². The predicted molar refractivity (Wildman–Crippen MR) is 100 cm³/mol. The van der Waals surface area contributed by atoms with Crippen LogP contribution in [0.2, 0.25) is 0 Å². The van der Waals surface area contributed by atoms with E-state index in [9.17, 15) is 4.79 Å².